The van der Waals surface area contributed by atoms with Crippen LogP contribution in [0.4, 0.5) is 5.69 Å². The molecular weight excluding hydrogens is 408 g/mol. The largest absolute Gasteiger partial charge is 0.491 e. The molecule has 158 valence electrons. The quantitative estimate of drug-likeness (QED) is 0.350. The third kappa shape index (κ3) is 5.29. The van der Waals surface area contributed by atoms with Gasteiger partial charge in [0.1, 0.15) is 17.4 Å². The average Bonchev–Trinajstić information content (AvgIpc) is 3.20. The van der Waals surface area contributed by atoms with E-state index in [4.69, 9.17) is 14.5 Å². The predicted octanol–water partition coefficient (Wildman–Crippen LogP) is 5.94. The van der Waals surface area contributed by atoms with Crippen molar-refractivity contribution in [2.24, 2.45) is 0 Å². The molecule has 5 nitrogen and oxygen atoms in total. The summed E-state index contributed by atoms with van der Waals surface area (Å²) in [5.74, 6) is 0.465. The second-order valence-electron chi connectivity index (χ2n) is 7.09. The number of thiazole rings is 1. The van der Waals surface area contributed by atoms with Gasteiger partial charge in [0.25, 0.3) is 5.91 Å². The maximum Gasteiger partial charge on any atom is 0.255 e. The van der Waals surface area contributed by atoms with Crippen molar-refractivity contribution in [1.82, 2.24) is 4.98 Å². The van der Waals surface area contributed by atoms with E-state index in [1.165, 1.54) is 10.3 Å². The van der Waals surface area contributed by atoms with E-state index in [-0.39, 0.29) is 5.91 Å². The van der Waals surface area contributed by atoms with Crippen molar-refractivity contribution in [3.05, 3.63) is 77.9 Å². The van der Waals surface area contributed by atoms with Crippen molar-refractivity contribution in [2.45, 2.75) is 13.8 Å². The zero-order valence-corrected chi connectivity index (χ0v) is 18.4. The zero-order chi connectivity index (χ0) is 21.6. The van der Waals surface area contributed by atoms with Crippen molar-refractivity contribution in [3.63, 3.8) is 0 Å². The van der Waals surface area contributed by atoms with Crippen LogP contribution in [0.1, 0.15) is 22.8 Å². The number of rotatable bonds is 8. The Morgan fingerprint density at radius 1 is 1.03 bits per heavy atom. The van der Waals surface area contributed by atoms with Crippen LogP contribution in [0.5, 0.6) is 5.75 Å². The van der Waals surface area contributed by atoms with E-state index in [1.54, 1.807) is 23.5 Å². The Bertz CT molecular complexity index is 1190. The van der Waals surface area contributed by atoms with Gasteiger partial charge in [-0.2, -0.15) is 0 Å². The highest BCUT2D eigenvalue weighted by Crippen LogP contribution is 2.31. The summed E-state index contributed by atoms with van der Waals surface area (Å²) in [4.78, 5) is 17.4. The molecule has 0 atom stereocenters. The smallest absolute Gasteiger partial charge is 0.255 e. The summed E-state index contributed by atoms with van der Waals surface area (Å²) in [5, 5.41) is 3.91. The van der Waals surface area contributed by atoms with Crippen molar-refractivity contribution < 1.29 is 14.3 Å². The van der Waals surface area contributed by atoms with Gasteiger partial charge in [-0.05, 0) is 74.0 Å². The van der Waals surface area contributed by atoms with Gasteiger partial charge in [-0.1, -0.05) is 12.1 Å². The monoisotopic (exact) mass is 432 g/mol. The maximum atomic E-state index is 12.6. The van der Waals surface area contributed by atoms with E-state index >= 15 is 0 Å². The number of carbonyl (C=O) groups is 1. The van der Waals surface area contributed by atoms with Crippen LogP contribution >= 0.6 is 11.3 Å². The first kappa shape index (κ1) is 21.0. The number of aryl methyl sites for hydroxylation is 1. The molecule has 0 spiro atoms. The number of fused-ring (bicyclic) bond motifs is 1. The Morgan fingerprint density at radius 3 is 2.68 bits per heavy atom. The molecule has 3 aromatic carbocycles. The van der Waals surface area contributed by atoms with Gasteiger partial charge in [0.05, 0.1) is 16.8 Å². The highest BCUT2D eigenvalue weighted by molar-refractivity contribution is 7.21. The summed E-state index contributed by atoms with van der Waals surface area (Å²) >= 11 is 1.67. The summed E-state index contributed by atoms with van der Waals surface area (Å²) in [5.41, 5.74) is 4.53. The van der Waals surface area contributed by atoms with Gasteiger partial charge in [-0.15, -0.1) is 11.3 Å². The molecule has 1 N–H and O–H groups in total. The molecule has 4 aromatic rings. The fourth-order valence-electron chi connectivity index (χ4n) is 3.14. The molecule has 31 heavy (non-hydrogen) atoms. The van der Waals surface area contributed by atoms with Crippen LogP contribution in [0.2, 0.25) is 0 Å². The van der Waals surface area contributed by atoms with Crippen LogP contribution < -0.4 is 10.1 Å². The Morgan fingerprint density at radius 2 is 1.87 bits per heavy atom. The number of ether oxygens (including phenoxy) is 2. The topological polar surface area (TPSA) is 60.5 Å². The molecule has 0 aliphatic rings. The summed E-state index contributed by atoms with van der Waals surface area (Å²) in [6, 6.07) is 21.2. The maximum absolute atomic E-state index is 12.6. The van der Waals surface area contributed by atoms with Crippen LogP contribution in [0.3, 0.4) is 0 Å². The fourth-order valence-corrected chi connectivity index (χ4v) is 4.21. The molecule has 1 aromatic heterocycles. The highest BCUT2D eigenvalue weighted by Gasteiger charge is 2.10. The third-order valence-corrected chi connectivity index (χ3v) is 5.80. The number of nitrogens with zero attached hydrogens (tertiary/aromatic N) is 1. The van der Waals surface area contributed by atoms with E-state index < -0.39 is 0 Å². The van der Waals surface area contributed by atoms with Gasteiger partial charge in [-0.3, -0.25) is 4.79 Å². The molecule has 0 saturated carbocycles. The molecule has 0 unspecified atom stereocenters. The van der Waals surface area contributed by atoms with Gasteiger partial charge < -0.3 is 14.8 Å². The number of amides is 1. The normalized spacial score (nSPS) is 10.9. The number of hydrogen-bond acceptors (Lipinski definition) is 5. The number of hydrogen-bond donors (Lipinski definition) is 1. The van der Waals surface area contributed by atoms with Crippen molar-refractivity contribution in [1.29, 1.82) is 0 Å². The minimum absolute atomic E-state index is 0.182. The number of nitrogens with one attached hydrogen (secondary N) is 1. The lowest BCUT2D eigenvalue weighted by molar-refractivity contribution is 0.102. The summed E-state index contributed by atoms with van der Waals surface area (Å²) in [6.07, 6.45) is 0. The van der Waals surface area contributed by atoms with Crippen LogP contribution in [-0.2, 0) is 4.74 Å². The van der Waals surface area contributed by atoms with Crippen LogP contribution in [0, 0.1) is 6.92 Å². The Labute approximate surface area is 185 Å². The van der Waals surface area contributed by atoms with E-state index in [1.807, 2.05) is 49.4 Å². The van der Waals surface area contributed by atoms with E-state index in [9.17, 15) is 4.79 Å². The minimum Gasteiger partial charge on any atom is -0.491 e. The lowest BCUT2D eigenvalue weighted by Gasteiger charge is -2.09. The number of benzene rings is 3. The number of anilines is 1. The Kier molecular flexibility index (Phi) is 6.60. The van der Waals surface area contributed by atoms with E-state index in [0.29, 0.717) is 31.1 Å². The second-order valence-corrected chi connectivity index (χ2v) is 8.13. The SMILES string of the molecule is CCOCCOc1cccc(C(=O)Nc2ccc(-c3nc4ccc(C)cc4s3)cc2)c1. The van der Waals surface area contributed by atoms with Crippen molar-refractivity contribution in [2.75, 3.05) is 25.1 Å². The summed E-state index contributed by atoms with van der Waals surface area (Å²) in [7, 11) is 0. The molecule has 0 bridgehead atoms. The molecule has 0 saturated heterocycles. The van der Waals surface area contributed by atoms with Crippen LogP contribution in [0.25, 0.3) is 20.8 Å². The molecule has 4 rings (SSSR count). The van der Waals surface area contributed by atoms with Crippen LogP contribution in [-0.4, -0.2) is 30.7 Å². The second kappa shape index (κ2) is 9.73. The van der Waals surface area contributed by atoms with E-state index in [2.05, 4.69) is 24.4 Å². The lowest BCUT2D eigenvalue weighted by atomic mass is 10.1. The molecular formula is C25H24N2O3S. The molecule has 0 radical (unpaired) electrons. The first-order chi connectivity index (χ1) is 15.1. The lowest BCUT2D eigenvalue weighted by Crippen LogP contribution is -2.12. The van der Waals surface area contributed by atoms with Gasteiger partial charge in [0.2, 0.25) is 0 Å². The van der Waals surface area contributed by atoms with Gasteiger partial charge in [0.15, 0.2) is 0 Å². The standard InChI is InChI=1S/C25H24N2O3S/c1-3-29-13-14-30-21-6-4-5-19(16-21)24(28)26-20-10-8-18(9-11-20)25-27-22-12-7-17(2)15-23(22)31-25/h4-12,15-16H,3,13-14H2,1-2H3,(H,26,28). The third-order valence-electron chi connectivity index (χ3n) is 4.73. The molecule has 1 heterocycles. The molecule has 0 aliphatic carbocycles. The summed E-state index contributed by atoms with van der Waals surface area (Å²) < 4.78 is 12.1. The van der Waals surface area contributed by atoms with Gasteiger partial charge in [-0.25, -0.2) is 4.98 Å². The molecule has 0 fully saturated rings. The molecule has 6 heteroatoms. The van der Waals surface area contributed by atoms with E-state index in [0.717, 1.165) is 21.8 Å². The van der Waals surface area contributed by atoms with Gasteiger partial charge in [0, 0.05) is 23.4 Å². The Hall–Kier alpha value is -3.22. The zero-order valence-electron chi connectivity index (χ0n) is 17.6. The average molecular weight is 433 g/mol. The first-order valence-corrected chi connectivity index (χ1v) is 11.0. The number of aromatic nitrogens is 1. The molecule has 1 amide bonds. The van der Waals surface area contributed by atoms with Crippen molar-refractivity contribution >= 4 is 33.1 Å². The Balaban J connectivity index is 1.42. The van der Waals surface area contributed by atoms with Crippen LogP contribution in [0.15, 0.2) is 66.7 Å². The first-order valence-electron chi connectivity index (χ1n) is 10.2. The van der Waals surface area contributed by atoms with Crippen molar-refractivity contribution in [3.8, 4) is 16.3 Å². The fraction of sp³-hybridized carbons (Fsp3) is 0.200. The predicted molar refractivity (Wildman–Crippen MR) is 126 cm³/mol. The highest BCUT2D eigenvalue weighted by atomic mass is 32.1. The minimum atomic E-state index is -0.182. The molecule has 0 aliphatic heterocycles. The number of carbonyl (C=O) groups excluding carboxylic acids is 1. The summed E-state index contributed by atoms with van der Waals surface area (Å²) in [6.45, 7) is 5.65. The van der Waals surface area contributed by atoms with Gasteiger partial charge >= 0.3 is 0 Å².